The van der Waals surface area contributed by atoms with Gasteiger partial charge in [0.1, 0.15) is 5.60 Å². The number of hydrogen-bond acceptors (Lipinski definition) is 9. The van der Waals surface area contributed by atoms with E-state index in [1.807, 2.05) is 76.2 Å². The molecule has 2 atom stereocenters. The smallest absolute Gasteiger partial charge is 0.410 e. The number of non-ortho nitro benzene ring substituents is 2. The Hall–Kier alpha value is -4.97. The second kappa shape index (κ2) is 13.8. The predicted molar refractivity (Wildman–Crippen MR) is 185 cm³/mol. The molecule has 1 N–H and O–H groups in total. The van der Waals surface area contributed by atoms with Crippen molar-refractivity contribution in [2.75, 3.05) is 49.1 Å². The van der Waals surface area contributed by atoms with Gasteiger partial charge >= 0.3 is 6.09 Å². The van der Waals surface area contributed by atoms with Gasteiger partial charge in [-0.2, -0.15) is 0 Å². The lowest BCUT2D eigenvalue weighted by Crippen LogP contribution is -2.55. The van der Waals surface area contributed by atoms with E-state index in [0.29, 0.717) is 36.4 Å². The van der Waals surface area contributed by atoms with Gasteiger partial charge in [-0.1, -0.05) is 36.4 Å². The molecule has 2 aliphatic rings. The third kappa shape index (κ3) is 7.54. The van der Waals surface area contributed by atoms with E-state index < -0.39 is 5.60 Å². The maximum absolute atomic E-state index is 12.4. The summed E-state index contributed by atoms with van der Waals surface area (Å²) < 4.78 is 5.49. The highest BCUT2D eigenvalue weighted by molar-refractivity contribution is 6.01. The molecule has 0 radical (unpaired) electrons. The lowest BCUT2D eigenvalue weighted by Gasteiger charge is -2.41. The lowest BCUT2D eigenvalue weighted by atomic mass is 10.0. The number of ether oxygens (including phenoxy) is 1. The van der Waals surface area contributed by atoms with Crippen LogP contribution in [-0.2, 0) is 4.74 Å². The molecule has 2 saturated heterocycles. The fraction of sp³-hybridized carbons (Fsp3) is 0.400. The highest BCUT2D eigenvalue weighted by Gasteiger charge is 2.32. The molecule has 0 saturated carbocycles. The van der Waals surface area contributed by atoms with Crippen molar-refractivity contribution in [1.82, 2.24) is 10.2 Å². The average molecular weight is 643 g/mol. The van der Waals surface area contributed by atoms with E-state index in [0.717, 1.165) is 41.8 Å². The number of amides is 1. The van der Waals surface area contributed by atoms with Crippen molar-refractivity contribution in [2.45, 2.75) is 52.3 Å². The normalized spacial score (nSPS) is 18.4. The number of carbonyl (C=O) groups excluding carboxylic acids is 1. The van der Waals surface area contributed by atoms with Crippen LogP contribution in [-0.4, -0.2) is 77.8 Å². The molecule has 12 heteroatoms. The van der Waals surface area contributed by atoms with Gasteiger partial charge in [0.25, 0.3) is 11.4 Å². The minimum atomic E-state index is -0.525. The molecule has 2 aliphatic heterocycles. The summed E-state index contributed by atoms with van der Waals surface area (Å²) in [6.45, 7) is 14.3. The highest BCUT2D eigenvalue weighted by atomic mass is 16.6. The first kappa shape index (κ1) is 33.4. The number of nitro benzene ring substituents is 2. The van der Waals surface area contributed by atoms with Gasteiger partial charge in [0.2, 0.25) is 0 Å². The third-order valence-corrected chi connectivity index (χ3v) is 8.46. The molecule has 1 amide bonds. The standard InChI is InChI=1S/C20H25N3O4.C15H17N3O2/c1-14-13-21(11-12-22(14)19(24)27-20(2,3)4)17-9-10-18(23(25)26)16-8-6-5-7-15(16)17;1-11-10-17(9-8-16-11)14-6-7-15(18(19)20)13-5-3-2-4-12(13)14/h5-10,14H,11-13H2,1-4H3;2-7,11,16H,8-10H2,1H3. The van der Waals surface area contributed by atoms with Gasteiger partial charge in [-0.3, -0.25) is 20.2 Å². The highest BCUT2D eigenvalue weighted by Crippen LogP contribution is 2.35. The molecule has 2 heterocycles. The Morgan fingerprint density at radius 3 is 1.68 bits per heavy atom. The van der Waals surface area contributed by atoms with Crippen molar-refractivity contribution in [1.29, 1.82) is 0 Å². The first-order valence-electron chi connectivity index (χ1n) is 15.9. The van der Waals surface area contributed by atoms with Gasteiger partial charge < -0.3 is 24.8 Å². The van der Waals surface area contributed by atoms with E-state index in [1.54, 1.807) is 29.2 Å². The summed E-state index contributed by atoms with van der Waals surface area (Å²) in [5, 5.41) is 29.0. The number of hydrogen-bond donors (Lipinski definition) is 1. The molecule has 248 valence electrons. The van der Waals surface area contributed by atoms with Crippen LogP contribution in [0.5, 0.6) is 0 Å². The number of rotatable bonds is 4. The fourth-order valence-electron chi connectivity index (χ4n) is 6.32. The Labute approximate surface area is 274 Å². The van der Waals surface area contributed by atoms with Crippen LogP contribution < -0.4 is 15.1 Å². The Kier molecular flexibility index (Phi) is 9.80. The van der Waals surface area contributed by atoms with Crippen LogP contribution in [0.15, 0.2) is 72.8 Å². The van der Waals surface area contributed by atoms with Crippen LogP contribution in [0.2, 0.25) is 0 Å². The minimum absolute atomic E-state index is 0.0254. The van der Waals surface area contributed by atoms with Crippen molar-refractivity contribution in [2.24, 2.45) is 0 Å². The second-order valence-electron chi connectivity index (χ2n) is 13.1. The van der Waals surface area contributed by atoms with Gasteiger partial charge in [0, 0.05) is 85.6 Å². The zero-order valence-electron chi connectivity index (χ0n) is 27.5. The van der Waals surface area contributed by atoms with Gasteiger partial charge in [0.15, 0.2) is 0 Å². The Bertz CT molecular complexity index is 1790. The Balaban J connectivity index is 0.000000193. The number of carbonyl (C=O) groups is 1. The SMILES string of the molecule is CC1CN(c2ccc([N+](=O)[O-])c3ccccc23)CCN1.CC1CN(c2ccc([N+](=O)[O-])c3ccccc23)CCN1C(=O)OC(C)(C)C. The van der Waals surface area contributed by atoms with Crippen LogP contribution in [0, 0.1) is 20.2 Å². The Morgan fingerprint density at radius 1 is 0.745 bits per heavy atom. The average Bonchev–Trinajstić information content (AvgIpc) is 3.03. The van der Waals surface area contributed by atoms with Crippen molar-refractivity contribution in [3.63, 3.8) is 0 Å². The first-order valence-corrected chi connectivity index (χ1v) is 15.9. The first-order chi connectivity index (χ1) is 22.3. The summed E-state index contributed by atoms with van der Waals surface area (Å²) in [7, 11) is 0. The number of nitro groups is 2. The predicted octanol–water partition coefficient (Wildman–Crippen LogP) is 6.74. The van der Waals surface area contributed by atoms with E-state index in [-0.39, 0.29) is 33.4 Å². The lowest BCUT2D eigenvalue weighted by molar-refractivity contribution is -0.383. The van der Waals surface area contributed by atoms with Gasteiger partial charge in [-0.25, -0.2) is 4.79 Å². The summed E-state index contributed by atoms with van der Waals surface area (Å²) in [5.41, 5.74) is 1.79. The van der Waals surface area contributed by atoms with Crippen LogP contribution >= 0.6 is 0 Å². The molecule has 6 rings (SSSR count). The molecule has 0 aromatic heterocycles. The zero-order chi connectivity index (χ0) is 33.9. The summed E-state index contributed by atoms with van der Waals surface area (Å²) >= 11 is 0. The molecular formula is C35H42N6O6. The van der Waals surface area contributed by atoms with E-state index in [9.17, 15) is 25.0 Å². The van der Waals surface area contributed by atoms with Crippen molar-refractivity contribution in [3.8, 4) is 0 Å². The summed E-state index contributed by atoms with van der Waals surface area (Å²) in [6, 6.07) is 22.2. The number of nitrogens with one attached hydrogen (secondary N) is 1. The Morgan fingerprint density at radius 2 is 1.23 bits per heavy atom. The largest absolute Gasteiger partial charge is 0.444 e. The maximum atomic E-state index is 12.4. The van der Waals surface area contributed by atoms with Crippen LogP contribution in [0.25, 0.3) is 21.5 Å². The van der Waals surface area contributed by atoms with Gasteiger partial charge in [-0.05, 0) is 58.9 Å². The summed E-state index contributed by atoms with van der Waals surface area (Å²) in [6.07, 6.45) is -0.303. The minimum Gasteiger partial charge on any atom is -0.444 e. The third-order valence-electron chi connectivity index (χ3n) is 8.46. The maximum Gasteiger partial charge on any atom is 0.410 e. The molecule has 4 aromatic carbocycles. The number of anilines is 2. The molecular weight excluding hydrogens is 600 g/mol. The van der Waals surface area contributed by atoms with Crippen LogP contribution in [0.3, 0.4) is 0 Å². The van der Waals surface area contributed by atoms with E-state index in [2.05, 4.69) is 22.0 Å². The molecule has 47 heavy (non-hydrogen) atoms. The van der Waals surface area contributed by atoms with Crippen molar-refractivity contribution >= 4 is 50.4 Å². The topological polar surface area (TPSA) is 134 Å². The van der Waals surface area contributed by atoms with Crippen LogP contribution in [0.4, 0.5) is 27.5 Å². The zero-order valence-corrected chi connectivity index (χ0v) is 27.5. The molecule has 0 spiro atoms. The van der Waals surface area contributed by atoms with Crippen molar-refractivity contribution in [3.05, 3.63) is 93.0 Å². The fourth-order valence-corrected chi connectivity index (χ4v) is 6.32. The van der Waals surface area contributed by atoms with Gasteiger partial charge in [-0.15, -0.1) is 0 Å². The monoisotopic (exact) mass is 642 g/mol. The quantitative estimate of drug-likeness (QED) is 0.190. The van der Waals surface area contributed by atoms with E-state index in [4.69, 9.17) is 4.74 Å². The van der Waals surface area contributed by atoms with E-state index in [1.165, 1.54) is 0 Å². The summed E-state index contributed by atoms with van der Waals surface area (Å²) in [5.74, 6) is 0. The molecule has 4 aromatic rings. The van der Waals surface area contributed by atoms with Gasteiger partial charge in [0.05, 0.1) is 20.6 Å². The molecule has 12 nitrogen and oxygen atoms in total. The number of piperazine rings is 2. The summed E-state index contributed by atoms with van der Waals surface area (Å²) in [4.78, 5) is 40.4. The van der Waals surface area contributed by atoms with E-state index >= 15 is 0 Å². The molecule has 2 fully saturated rings. The van der Waals surface area contributed by atoms with Crippen molar-refractivity contribution < 1.29 is 19.4 Å². The second-order valence-corrected chi connectivity index (χ2v) is 13.1. The number of fused-ring (bicyclic) bond motifs is 2. The molecule has 2 unspecified atom stereocenters. The molecule has 0 aliphatic carbocycles. The van der Waals surface area contributed by atoms with Crippen LogP contribution in [0.1, 0.15) is 34.6 Å². The molecule has 0 bridgehead atoms. The number of nitrogens with zero attached hydrogens (tertiary/aromatic N) is 5. The number of benzene rings is 4.